The second-order valence-corrected chi connectivity index (χ2v) is 6.85. The molecule has 1 N–H and O–H groups in total. The van der Waals surface area contributed by atoms with Crippen LogP contribution >= 0.6 is 11.8 Å². The van der Waals surface area contributed by atoms with Gasteiger partial charge >= 0.3 is 5.63 Å². The summed E-state index contributed by atoms with van der Waals surface area (Å²) < 4.78 is 20.9. The summed E-state index contributed by atoms with van der Waals surface area (Å²) in [6.07, 6.45) is 0. The van der Waals surface area contributed by atoms with Crippen molar-refractivity contribution in [2.75, 3.05) is 0 Å². The molecule has 0 aliphatic rings. The Hall–Kier alpha value is -3.13. The number of thioether (sulfide) groups is 1. The minimum absolute atomic E-state index is 0.0262. The van der Waals surface area contributed by atoms with Crippen LogP contribution in [-0.4, -0.2) is 19.9 Å². The molecule has 4 aromatic rings. The van der Waals surface area contributed by atoms with E-state index in [1.54, 1.807) is 35.9 Å². The lowest BCUT2D eigenvalue weighted by atomic mass is 10.1. The lowest BCUT2D eigenvalue weighted by molar-refractivity contribution is 0.473. The molecule has 0 bridgehead atoms. The number of fused-ring (bicyclic) bond motifs is 1. The number of phenols is 1. The van der Waals surface area contributed by atoms with E-state index in [0.717, 1.165) is 10.9 Å². The number of aromatic nitrogens is 3. The maximum Gasteiger partial charge on any atom is 0.336 e. The smallest absolute Gasteiger partial charge is 0.336 e. The molecule has 0 amide bonds. The maximum atomic E-state index is 14.0. The lowest BCUT2D eigenvalue weighted by Gasteiger charge is -2.06. The van der Waals surface area contributed by atoms with E-state index in [9.17, 15) is 14.3 Å². The summed E-state index contributed by atoms with van der Waals surface area (Å²) in [5.41, 5.74) is 0.958. The Kier molecular flexibility index (Phi) is 4.41. The molecule has 0 saturated carbocycles. The van der Waals surface area contributed by atoms with E-state index in [-0.39, 0.29) is 11.6 Å². The van der Waals surface area contributed by atoms with Crippen molar-refractivity contribution >= 4 is 22.7 Å². The van der Waals surface area contributed by atoms with Crippen molar-refractivity contribution in [1.82, 2.24) is 14.8 Å². The number of benzene rings is 2. The number of phenolic OH excluding ortho intramolecular Hbond substituents is 1. The number of hydrogen-bond donors (Lipinski definition) is 1. The van der Waals surface area contributed by atoms with E-state index < -0.39 is 5.63 Å². The van der Waals surface area contributed by atoms with Crippen LogP contribution < -0.4 is 5.63 Å². The van der Waals surface area contributed by atoms with Gasteiger partial charge in [0, 0.05) is 30.3 Å². The molecule has 2 aromatic heterocycles. The fourth-order valence-electron chi connectivity index (χ4n) is 2.80. The standard InChI is InChI=1S/C19H14FN3O3S/c1-23-18(14-4-2-3-5-15(14)20)21-22-19(23)27-10-11-8-17(25)26-16-9-12(24)6-7-13(11)16/h2-9,24H,10H2,1H3. The zero-order chi connectivity index (χ0) is 19.0. The Labute approximate surface area is 157 Å². The second-order valence-electron chi connectivity index (χ2n) is 5.90. The Morgan fingerprint density at radius 1 is 1.19 bits per heavy atom. The molecule has 2 aromatic carbocycles. The second kappa shape index (κ2) is 6.88. The highest BCUT2D eigenvalue weighted by atomic mass is 32.2. The molecule has 0 radical (unpaired) electrons. The molecular weight excluding hydrogens is 369 g/mol. The van der Waals surface area contributed by atoms with Crippen LogP contribution in [0.4, 0.5) is 4.39 Å². The van der Waals surface area contributed by atoms with Gasteiger partial charge in [-0.3, -0.25) is 0 Å². The van der Waals surface area contributed by atoms with Crippen LogP contribution in [0, 0.1) is 5.82 Å². The molecule has 6 nitrogen and oxygen atoms in total. The van der Waals surface area contributed by atoms with E-state index in [1.165, 1.54) is 36.0 Å². The summed E-state index contributed by atoms with van der Waals surface area (Å²) in [5.74, 6) is 0.531. The summed E-state index contributed by atoms with van der Waals surface area (Å²) in [5, 5.41) is 19.1. The molecule has 0 aliphatic carbocycles. The Bertz CT molecular complexity index is 1200. The van der Waals surface area contributed by atoms with Gasteiger partial charge in [-0.2, -0.15) is 0 Å². The monoisotopic (exact) mass is 383 g/mol. The number of halogens is 1. The number of hydrogen-bond acceptors (Lipinski definition) is 6. The van der Waals surface area contributed by atoms with Crippen molar-refractivity contribution < 1.29 is 13.9 Å². The SMILES string of the molecule is Cn1c(SCc2cc(=O)oc3cc(O)ccc23)nnc1-c1ccccc1F. The van der Waals surface area contributed by atoms with Gasteiger partial charge in [0.05, 0.1) is 5.56 Å². The van der Waals surface area contributed by atoms with E-state index >= 15 is 0 Å². The van der Waals surface area contributed by atoms with Gasteiger partial charge in [-0.15, -0.1) is 10.2 Å². The van der Waals surface area contributed by atoms with Gasteiger partial charge in [0.2, 0.25) is 0 Å². The first kappa shape index (κ1) is 17.3. The number of nitrogens with zero attached hydrogens (tertiary/aromatic N) is 3. The maximum absolute atomic E-state index is 14.0. The van der Waals surface area contributed by atoms with Gasteiger partial charge < -0.3 is 14.1 Å². The van der Waals surface area contributed by atoms with Crippen molar-refractivity contribution in [3.63, 3.8) is 0 Å². The van der Waals surface area contributed by atoms with Crippen molar-refractivity contribution in [2.24, 2.45) is 7.05 Å². The first-order valence-electron chi connectivity index (χ1n) is 8.06. The predicted molar refractivity (Wildman–Crippen MR) is 100 cm³/mol. The van der Waals surface area contributed by atoms with Crippen LogP contribution in [0.15, 0.2) is 62.9 Å². The topological polar surface area (TPSA) is 81.2 Å². The van der Waals surface area contributed by atoms with Crippen LogP contribution in [-0.2, 0) is 12.8 Å². The Morgan fingerprint density at radius 3 is 2.81 bits per heavy atom. The minimum Gasteiger partial charge on any atom is -0.508 e. The Balaban J connectivity index is 1.65. The molecule has 0 aliphatic heterocycles. The van der Waals surface area contributed by atoms with Crippen LogP contribution in [0.3, 0.4) is 0 Å². The van der Waals surface area contributed by atoms with Gasteiger partial charge in [0.15, 0.2) is 11.0 Å². The van der Waals surface area contributed by atoms with E-state index in [4.69, 9.17) is 4.42 Å². The van der Waals surface area contributed by atoms with Crippen molar-refractivity contribution in [3.8, 4) is 17.1 Å². The first-order chi connectivity index (χ1) is 13.0. The highest BCUT2D eigenvalue weighted by molar-refractivity contribution is 7.98. The zero-order valence-corrected chi connectivity index (χ0v) is 15.0. The highest BCUT2D eigenvalue weighted by Gasteiger charge is 2.15. The number of rotatable bonds is 4. The average molecular weight is 383 g/mol. The van der Waals surface area contributed by atoms with Gasteiger partial charge in [0.1, 0.15) is 17.1 Å². The van der Waals surface area contributed by atoms with Gasteiger partial charge in [-0.1, -0.05) is 23.9 Å². The first-order valence-corrected chi connectivity index (χ1v) is 9.04. The normalized spacial score (nSPS) is 11.2. The average Bonchev–Trinajstić information content (AvgIpc) is 3.00. The van der Waals surface area contributed by atoms with Crippen molar-refractivity contribution in [3.05, 3.63) is 70.3 Å². The van der Waals surface area contributed by atoms with Crippen LogP contribution in [0.1, 0.15) is 5.56 Å². The fourth-order valence-corrected chi connectivity index (χ4v) is 3.70. The van der Waals surface area contributed by atoms with E-state index in [0.29, 0.717) is 27.9 Å². The summed E-state index contributed by atoms with van der Waals surface area (Å²) in [6.45, 7) is 0. The molecule has 4 rings (SSSR count). The molecular formula is C19H14FN3O3S. The van der Waals surface area contributed by atoms with Gasteiger partial charge in [-0.05, 0) is 29.8 Å². The van der Waals surface area contributed by atoms with Crippen molar-refractivity contribution in [1.29, 1.82) is 0 Å². The van der Waals surface area contributed by atoms with E-state index in [1.807, 2.05) is 0 Å². The third kappa shape index (κ3) is 3.31. The van der Waals surface area contributed by atoms with Gasteiger partial charge in [-0.25, -0.2) is 9.18 Å². The molecule has 27 heavy (non-hydrogen) atoms. The molecule has 0 fully saturated rings. The third-order valence-electron chi connectivity index (χ3n) is 4.12. The molecule has 0 unspecified atom stereocenters. The molecule has 2 heterocycles. The van der Waals surface area contributed by atoms with Crippen LogP contribution in [0.25, 0.3) is 22.4 Å². The molecule has 8 heteroatoms. The van der Waals surface area contributed by atoms with Crippen LogP contribution in [0.2, 0.25) is 0 Å². The van der Waals surface area contributed by atoms with Crippen LogP contribution in [0.5, 0.6) is 5.75 Å². The summed E-state index contributed by atoms with van der Waals surface area (Å²) in [4.78, 5) is 11.8. The molecule has 0 atom stereocenters. The summed E-state index contributed by atoms with van der Waals surface area (Å²) in [7, 11) is 1.76. The minimum atomic E-state index is -0.492. The zero-order valence-electron chi connectivity index (χ0n) is 14.2. The van der Waals surface area contributed by atoms with Gasteiger partial charge in [0.25, 0.3) is 0 Å². The molecule has 0 spiro atoms. The molecule has 0 saturated heterocycles. The third-order valence-corrected chi connectivity index (χ3v) is 5.19. The summed E-state index contributed by atoms with van der Waals surface area (Å²) in [6, 6.07) is 12.4. The Morgan fingerprint density at radius 2 is 2.00 bits per heavy atom. The lowest BCUT2D eigenvalue weighted by Crippen LogP contribution is -2.00. The molecule has 136 valence electrons. The number of aromatic hydroxyl groups is 1. The fraction of sp³-hybridized carbons (Fsp3) is 0.105. The predicted octanol–water partition coefficient (Wildman–Crippen LogP) is 3.73. The van der Waals surface area contributed by atoms with Crippen molar-refractivity contribution in [2.45, 2.75) is 10.9 Å². The quantitative estimate of drug-likeness (QED) is 0.427. The largest absolute Gasteiger partial charge is 0.508 e. The van der Waals surface area contributed by atoms with E-state index in [2.05, 4.69) is 10.2 Å². The summed E-state index contributed by atoms with van der Waals surface area (Å²) >= 11 is 1.37. The highest BCUT2D eigenvalue weighted by Crippen LogP contribution is 2.29.